The van der Waals surface area contributed by atoms with Gasteiger partial charge in [0.25, 0.3) is 0 Å². The van der Waals surface area contributed by atoms with Crippen molar-refractivity contribution in [3.05, 3.63) is 35.9 Å². The first kappa shape index (κ1) is 16.5. The van der Waals surface area contributed by atoms with Crippen LogP contribution in [0.5, 0.6) is 0 Å². The van der Waals surface area contributed by atoms with Crippen LogP contribution in [0.4, 0.5) is 0 Å². The molecule has 2 rings (SSSR count). The number of rotatable bonds is 7. The van der Waals surface area contributed by atoms with Gasteiger partial charge < -0.3 is 5.73 Å². The van der Waals surface area contributed by atoms with E-state index in [1.54, 1.807) is 0 Å². The van der Waals surface area contributed by atoms with E-state index in [4.69, 9.17) is 5.73 Å². The molecule has 3 heteroatoms. The minimum atomic E-state index is 0.595. The van der Waals surface area contributed by atoms with E-state index in [2.05, 4.69) is 54.0 Å². The lowest BCUT2D eigenvalue weighted by molar-refractivity contribution is 0.115. The van der Waals surface area contributed by atoms with Crippen molar-refractivity contribution in [1.82, 2.24) is 9.80 Å². The van der Waals surface area contributed by atoms with Gasteiger partial charge in [-0.1, -0.05) is 30.3 Å². The van der Waals surface area contributed by atoms with Gasteiger partial charge in [0.1, 0.15) is 0 Å². The number of benzene rings is 1. The van der Waals surface area contributed by atoms with Gasteiger partial charge in [0, 0.05) is 38.8 Å². The Morgan fingerprint density at radius 3 is 2.71 bits per heavy atom. The summed E-state index contributed by atoms with van der Waals surface area (Å²) in [6.07, 6.45) is 2.69. The fourth-order valence-electron chi connectivity index (χ4n) is 3.34. The molecule has 0 saturated carbocycles. The van der Waals surface area contributed by atoms with E-state index in [9.17, 15) is 0 Å². The van der Waals surface area contributed by atoms with Crippen molar-refractivity contribution < 1.29 is 0 Å². The average molecular weight is 289 g/mol. The molecule has 1 saturated heterocycles. The quantitative estimate of drug-likeness (QED) is 0.837. The van der Waals surface area contributed by atoms with E-state index in [1.165, 1.54) is 38.0 Å². The molecule has 1 aromatic rings. The van der Waals surface area contributed by atoms with Crippen LogP contribution in [0.2, 0.25) is 0 Å². The molecule has 1 heterocycles. The van der Waals surface area contributed by atoms with Crippen LogP contribution in [0.25, 0.3) is 0 Å². The van der Waals surface area contributed by atoms with Crippen LogP contribution in [0.3, 0.4) is 0 Å². The van der Waals surface area contributed by atoms with Crippen LogP contribution in [0.1, 0.15) is 32.3 Å². The molecule has 3 nitrogen and oxygen atoms in total. The predicted molar refractivity (Wildman–Crippen MR) is 90.2 cm³/mol. The fraction of sp³-hybridized carbons (Fsp3) is 0.667. The molecule has 1 atom stereocenters. The molecule has 21 heavy (non-hydrogen) atoms. The highest BCUT2D eigenvalue weighted by Crippen LogP contribution is 2.20. The van der Waals surface area contributed by atoms with E-state index in [-0.39, 0.29) is 0 Å². The molecule has 0 aliphatic carbocycles. The Balaban J connectivity index is 1.85. The van der Waals surface area contributed by atoms with Gasteiger partial charge in [-0.15, -0.1) is 0 Å². The summed E-state index contributed by atoms with van der Waals surface area (Å²) in [5.74, 6) is 0.788. The lowest BCUT2D eigenvalue weighted by Crippen LogP contribution is -2.44. The van der Waals surface area contributed by atoms with Crippen LogP contribution < -0.4 is 5.73 Å². The SMILES string of the molecule is CC(C)N(CCN)C[C@@H]1CCCN(Cc2ccccc2)C1. The second-order valence-electron chi connectivity index (χ2n) is 6.61. The normalized spacial score (nSPS) is 20.3. The van der Waals surface area contributed by atoms with Gasteiger partial charge in [0.05, 0.1) is 0 Å². The van der Waals surface area contributed by atoms with E-state index < -0.39 is 0 Å². The number of nitrogens with zero attached hydrogens (tertiary/aromatic N) is 2. The predicted octanol–water partition coefficient (Wildman–Crippen LogP) is 2.57. The first-order valence-electron chi connectivity index (χ1n) is 8.39. The highest BCUT2D eigenvalue weighted by atomic mass is 15.2. The van der Waals surface area contributed by atoms with Gasteiger partial charge in [0.2, 0.25) is 0 Å². The summed E-state index contributed by atoms with van der Waals surface area (Å²) < 4.78 is 0. The molecule has 1 fully saturated rings. The summed E-state index contributed by atoms with van der Waals surface area (Å²) in [6, 6.07) is 11.4. The highest BCUT2D eigenvalue weighted by molar-refractivity contribution is 5.14. The molecule has 0 bridgehead atoms. The topological polar surface area (TPSA) is 32.5 Å². The van der Waals surface area contributed by atoms with Crippen LogP contribution in [-0.2, 0) is 6.54 Å². The molecule has 118 valence electrons. The Kier molecular flexibility index (Phi) is 6.68. The molecule has 1 aliphatic rings. The first-order chi connectivity index (χ1) is 10.2. The second kappa shape index (κ2) is 8.52. The van der Waals surface area contributed by atoms with E-state index in [0.717, 1.165) is 25.6 Å². The zero-order valence-corrected chi connectivity index (χ0v) is 13.7. The van der Waals surface area contributed by atoms with Gasteiger partial charge in [-0.3, -0.25) is 9.80 Å². The smallest absolute Gasteiger partial charge is 0.0233 e. The molecule has 1 aliphatic heterocycles. The number of nitrogens with two attached hydrogens (primary N) is 1. The summed E-state index contributed by atoms with van der Waals surface area (Å²) >= 11 is 0. The third-order valence-electron chi connectivity index (χ3n) is 4.49. The molecule has 2 N–H and O–H groups in total. The average Bonchev–Trinajstić information content (AvgIpc) is 2.48. The van der Waals surface area contributed by atoms with Crippen LogP contribution in [-0.4, -0.2) is 48.6 Å². The lowest BCUT2D eigenvalue weighted by atomic mass is 9.96. The largest absolute Gasteiger partial charge is 0.329 e. The van der Waals surface area contributed by atoms with E-state index in [1.807, 2.05) is 0 Å². The second-order valence-corrected chi connectivity index (χ2v) is 6.61. The monoisotopic (exact) mass is 289 g/mol. The number of hydrogen-bond acceptors (Lipinski definition) is 3. The van der Waals surface area contributed by atoms with Crippen molar-refractivity contribution in [2.75, 3.05) is 32.7 Å². The van der Waals surface area contributed by atoms with Crippen molar-refractivity contribution in [1.29, 1.82) is 0 Å². The van der Waals surface area contributed by atoms with Crippen LogP contribution in [0, 0.1) is 5.92 Å². The Morgan fingerprint density at radius 2 is 2.05 bits per heavy atom. The van der Waals surface area contributed by atoms with Crippen molar-refractivity contribution in [2.24, 2.45) is 11.7 Å². The van der Waals surface area contributed by atoms with Gasteiger partial charge in [-0.05, 0) is 44.7 Å². The number of likely N-dealkylation sites (tertiary alicyclic amines) is 1. The van der Waals surface area contributed by atoms with E-state index in [0.29, 0.717) is 6.04 Å². The van der Waals surface area contributed by atoms with Crippen molar-refractivity contribution in [3.63, 3.8) is 0 Å². The maximum atomic E-state index is 5.75. The minimum Gasteiger partial charge on any atom is -0.329 e. The van der Waals surface area contributed by atoms with Gasteiger partial charge in [0.15, 0.2) is 0 Å². The Labute approximate surface area is 130 Å². The molecule has 0 radical (unpaired) electrons. The van der Waals surface area contributed by atoms with Crippen LogP contribution in [0.15, 0.2) is 30.3 Å². The Bertz CT molecular complexity index is 391. The maximum Gasteiger partial charge on any atom is 0.0233 e. The Morgan fingerprint density at radius 1 is 1.29 bits per heavy atom. The van der Waals surface area contributed by atoms with Crippen molar-refractivity contribution in [3.8, 4) is 0 Å². The van der Waals surface area contributed by atoms with Gasteiger partial charge in [-0.25, -0.2) is 0 Å². The molecule has 0 spiro atoms. The molecule has 0 amide bonds. The number of piperidine rings is 1. The molecule has 0 unspecified atom stereocenters. The minimum absolute atomic E-state index is 0.595. The Hall–Kier alpha value is -0.900. The highest BCUT2D eigenvalue weighted by Gasteiger charge is 2.22. The third kappa shape index (κ3) is 5.42. The van der Waals surface area contributed by atoms with Crippen molar-refractivity contribution in [2.45, 2.75) is 39.3 Å². The first-order valence-corrected chi connectivity index (χ1v) is 8.39. The molecular weight excluding hydrogens is 258 g/mol. The maximum absolute atomic E-state index is 5.75. The zero-order chi connectivity index (χ0) is 15.1. The molecule has 0 aromatic heterocycles. The summed E-state index contributed by atoms with van der Waals surface area (Å²) in [5, 5.41) is 0. The zero-order valence-electron chi connectivity index (χ0n) is 13.7. The van der Waals surface area contributed by atoms with Gasteiger partial charge in [-0.2, -0.15) is 0 Å². The third-order valence-corrected chi connectivity index (χ3v) is 4.49. The summed E-state index contributed by atoms with van der Waals surface area (Å²) in [7, 11) is 0. The molecular formula is C18H31N3. The number of hydrogen-bond donors (Lipinski definition) is 1. The fourth-order valence-corrected chi connectivity index (χ4v) is 3.34. The standard InChI is InChI=1S/C18H31N3/c1-16(2)21(12-10-19)15-18-9-6-11-20(14-18)13-17-7-4-3-5-8-17/h3-5,7-8,16,18H,6,9-15,19H2,1-2H3/t18-/m1/s1. The lowest BCUT2D eigenvalue weighted by Gasteiger charge is -2.37. The summed E-state index contributed by atoms with van der Waals surface area (Å²) in [4.78, 5) is 5.15. The molecule has 1 aromatic carbocycles. The summed E-state index contributed by atoms with van der Waals surface area (Å²) in [6.45, 7) is 11.1. The summed E-state index contributed by atoms with van der Waals surface area (Å²) in [5.41, 5.74) is 7.18. The van der Waals surface area contributed by atoms with Crippen LogP contribution >= 0.6 is 0 Å². The van der Waals surface area contributed by atoms with Gasteiger partial charge >= 0.3 is 0 Å². The van der Waals surface area contributed by atoms with E-state index >= 15 is 0 Å². The van der Waals surface area contributed by atoms with Crippen molar-refractivity contribution >= 4 is 0 Å².